The molecule has 0 bridgehead atoms. The summed E-state index contributed by atoms with van der Waals surface area (Å²) in [6.07, 6.45) is 0.774. The minimum absolute atomic E-state index is 0.0425. The van der Waals surface area contributed by atoms with Crippen LogP contribution in [-0.2, 0) is 11.2 Å². The summed E-state index contributed by atoms with van der Waals surface area (Å²) in [7, 11) is 2.18. The van der Waals surface area contributed by atoms with Crippen LogP contribution in [0.5, 0.6) is 0 Å². The molecule has 148 valence electrons. The van der Waals surface area contributed by atoms with Crippen LogP contribution in [-0.4, -0.2) is 58.1 Å². The Morgan fingerprint density at radius 2 is 1.61 bits per heavy atom. The standard InChI is InChI=1S/C22H28N4O2/c1-25-13-15-26(16-14-25)17-21(27)24-20-10-6-5-9-19(20)22(28)23-12-11-18-7-3-2-4-8-18/h2-10H,11-17H2,1H3,(H,23,28)(H,24,27)/p+2. The summed E-state index contributed by atoms with van der Waals surface area (Å²) in [6, 6.07) is 17.2. The van der Waals surface area contributed by atoms with Crippen LogP contribution in [0.15, 0.2) is 54.6 Å². The van der Waals surface area contributed by atoms with Gasteiger partial charge in [0.25, 0.3) is 11.8 Å². The van der Waals surface area contributed by atoms with Gasteiger partial charge in [-0.25, -0.2) is 0 Å². The van der Waals surface area contributed by atoms with Crippen LogP contribution in [0.4, 0.5) is 5.69 Å². The quantitative estimate of drug-likeness (QED) is 0.497. The topological polar surface area (TPSA) is 67.1 Å². The number of anilines is 1. The third-order valence-electron chi connectivity index (χ3n) is 5.21. The molecule has 6 nitrogen and oxygen atoms in total. The van der Waals surface area contributed by atoms with Crippen molar-refractivity contribution in [2.45, 2.75) is 6.42 Å². The zero-order valence-corrected chi connectivity index (χ0v) is 16.5. The largest absolute Gasteiger partial charge is 0.352 e. The molecule has 1 heterocycles. The van der Waals surface area contributed by atoms with E-state index in [4.69, 9.17) is 0 Å². The Bertz CT molecular complexity index is 786. The highest BCUT2D eigenvalue weighted by Gasteiger charge is 2.23. The predicted octanol–water partition coefficient (Wildman–Crippen LogP) is -0.989. The molecule has 0 radical (unpaired) electrons. The number of para-hydroxylation sites is 1. The first kappa shape index (κ1) is 20.0. The molecule has 2 aromatic rings. The van der Waals surface area contributed by atoms with Crippen molar-refractivity contribution in [3.05, 3.63) is 65.7 Å². The number of carbonyl (C=O) groups is 2. The summed E-state index contributed by atoms with van der Waals surface area (Å²) >= 11 is 0. The highest BCUT2D eigenvalue weighted by Crippen LogP contribution is 2.14. The third-order valence-corrected chi connectivity index (χ3v) is 5.21. The Balaban J connectivity index is 1.53. The molecule has 0 saturated carbocycles. The highest BCUT2D eigenvalue weighted by molar-refractivity contribution is 6.03. The summed E-state index contributed by atoms with van der Waals surface area (Å²) in [4.78, 5) is 27.9. The second-order valence-corrected chi connectivity index (χ2v) is 7.47. The van der Waals surface area contributed by atoms with Crippen LogP contribution >= 0.6 is 0 Å². The van der Waals surface area contributed by atoms with Crippen LogP contribution in [0.2, 0.25) is 0 Å². The molecule has 1 saturated heterocycles. The number of likely N-dealkylation sites (N-methyl/N-ethyl adjacent to an activating group) is 1. The maximum absolute atomic E-state index is 12.6. The van der Waals surface area contributed by atoms with E-state index in [1.165, 1.54) is 15.4 Å². The average molecular weight is 383 g/mol. The number of hydrogen-bond donors (Lipinski definition) is 4. The lowest BCUT2D eigenvalue weighted by molar-refractivity contribution is -0.999. The van der Waals surface area contributed by atoms with E-state index in [0.717, 1.165) is 32.6 Å². The lowest BCUT2D eigenvalue weighted by atomic mass is 10.1. The van der Waals surface area contributed by atoms with E-state index in [-0.39, 0.29) is 11.8 Å². The number of piperazine rings is 1. The lowest BCUT2D eigenvalue weighted by Gasteiger charge is -2.26. The minimum Gasteiger partial charge on any atom is -0.352 e. The number of hydrogen-bond acceptors (Lipinski definition) is 2. The Labute approximate surface area is 166 Å². The van der Waals surface area contributed by atoms with Gasteiger partial charge in [0.2, 0.25) is 0 Å². The van der Waals surface area contributed by atoms with Gasteiger partial charge in [-0.1, -0.05) is 42.5 Å². The van der Waals surface area contributed by atoms with Crippen molar-refractivity contribution in [3.63, 3.8) is 0 Å². The molecule has 1 aliphatic heterocycles. The Hall–Kier alpha value is -2.70. The summed E-state index contributed by atoms with van der Waals surface area (Å²) < 4.78 is 0. The first-order valence-corrected chi connectivity index (χ1v) is 9.97. The fraction of sp³-hybridized carbons (Fsp3) is 0.364. The van der Waals surface area contributed by atoms with Crippen LogP contribution < -0.4 is 20.4 Å². The number of quaternary nitrogens is 2. The first-order valence-electron chi connectivity index (χ1n) is 9.97. The summed E-state index contributed by atoms with van der Waals surface area (Å²) in [5.74, 6) is -0.207. The fourth-order valence-corrected chi connectivity index (χ4v) is 3.48. The van der Waals surface area contributed by atoms with Gasteiger partial charge in [0.1, 0.15) is 26.2 Å². The van der Waals surface area contributed by atoms with Crippen molar-refractivity contribution in [2.75, 3.05) is 51.6 Å². The second-order valence-electron chi connectivity index (χ2n) is 7.47. The summed E-state index contributed by atoms with van der Waals surface area (Å²) in [6.45, 7) is 5.17. The van der Waals surface area contributed by atoms with Gasteiger partial charge in [0, 0.05) is 6.54 Å². The lowest BCUT2D eigenvalue weighted by Crippen LogP contribution is -3.27. The minimum atomic E-state index is -0.164. The van der Waals surface area contributed by atoms with Gasteiger partial charge in [-0.15, -0.1) is 0 Å². The maximum Gasteiger partial charge on any atom is 0.279 e. The zero-order chi connectivity index (χ0) is 19.8. The highest BCUT2D eigenvalue weighted by atomic mass is 16.2. The first-order chi connectivity index (χ1) is 13.6. The van der Waals surface area contributed by atoms with Crippen LogP contribution in [0.3, 0.4) is 0 Å². The van der Waals surface area contributed by atoms with Gasteiger partial charge in [-0.2, -0.15) is 0 Å². The second kappa shape index (κ2) is 10.0. The van der Waals surface area contributed by atoms with Gasteiger partial charge in [0.05, 0.1) is 18.3 Å². The molecule has 1 fully saturated rings. The van der Waals surface area contributed by atoms with Crippen molar-refractivity contribution >= 4 is 17.5 Å². The normalized spacial score (nSPS) is 19.0. The number of rotatable bonds is 7. The van der Waals surface area contributed by atoms with Gasteiger partial charge < -0.3 is 20.4 Å². The molecule has 6 heteroatoms. The summed E-state index contributed by atoms with van der Waals surface area (Å²) in [5.41, 5.74) is 2.26. The molecule has 0 aromatic heterocycles. The van der Waals surface area contributed by atoms with Gasteiger partial charge in [0.15, 0.2) is 6.54 Å². The van der Waals surface area contributed by atoms with Gasteiger partial charge >= 0.3 is 0 Å². The monoisotopic (exact) mass is 382 g/mol. The molecule has 2 amide bonds. The number of benzene rings is 2. The van der Waals surface area contributed by atoms with Crippen LogP contribution in [0.1, 0.15) is 15.9 Å². The molecule has 0 aliphatic carbocycles. The molecule has 0 spiro atoms. The van der Waals surface area contributed by atoms with Crippen molar-refractivity contribution in [1.82, 2.24) is 5.32 Å². The van der Waals surface area contributed by atoms with Crippen LogP contribution in [0, 0.1) is 0 Å². The van der Waals surface area contributed by atoms with Crippen molar-refractivity contribution in [2.24, 2.45) is 0 Å². The number of carbonyl (C=O) groups excluding carboxylic acids is 2. The average Bonchev–Trinajstić information content (AvgIpc) is 2.71. The van der Waals surface area contributed by atoms with E-state index in [0.29, 0.717) is 24.3 Å². The molecule has 4 N–H and O–H groups in total. The predicted molar refractivity (Wildman–Crippen MR) is 110 cm³/mol. The van der Waals surface area contributed by atoms with Crippen molar-refractivity contribution < 1.29 is 19.4 Å². The SMILES string of the molecule is C[NH+]1CC[NH+](CC(=O)Nc2ccccc2C(=O)NCCc2ccccc2)CC1. The van der Waals surface area contributed by atoms with Gasteiger partial charge in [-0.05, 0) is 24.1 Å². The molecule has 2 aromatic carbocycles. The zero-order valence-electron chi connectivity index (χ0n) is 16.5. The van der Waals surface area contributed by atoms with E-state index < -0.39 is 0 Å². The Morgan fingerprint density at radius 3 is 2.36 bits per heavy atom. The van der Waals surface area contributed by atoms with E-state index in [9.17, 15) is 9.59 Å². The van der Waals surface area contributed by atoms with E-state index in [1.54, 1.807) is 12.1 Å². The molecule has 3 rings (SSSR count). The Morgan fingerprint density at radius 1 is 0.929 bits per heavy atom. The van der Waals surface area contributed by atoms with Gasteiger partial charge in [-0.3, -0.25) is 9.59 Å². The number of amides is 2. The third kappa shape index (κ3) is 5.90. The van der Waals surface area contributed by atoms with E-state index in [1.807, 2.05) is 42.5 Å². The smallest absolute Gasteiger partial charge is 0.279 e. The molecular weight excluding hydrogens is 352 g/mol. The van der Waals surface area contributed by atoms with E-state index >= 15 is 0 Å². The van der Waals surface area contributed by atoms with E-state index in [2.05, 4.69) is 17.7 Å². The Kier molecular flexibility index (Phi) is 7.17. The van der Waals surface area contributed by atoms with Crippen molar-refractivity contribution in [3.8, 4) is 0 Å². The van der Waals surface area contributed by atoms with Crippen molar-refractivity contribution in [1.29, 1.82) is 0 Å². The molecule has 0 unspecified atom stereocenters. The molecule has 0 atom stereocenters. The molecule has 1 aliphatic rings. The fourth-order valence-electron chi connectivity index (χ4n) is 3.48. The number of nitrogens with one attached hydrogen (secondary N) is 4. The maximum atomic E-state index is 12.6. The molecule has 28 heavy (non-hydrogen) atoms. The summed E-state index contributed by atoms with van der Waals surface area (Å²) in [5, 5.41) is 5.88. The molecular formula is C22H30N4O2+2. The van der Waals surface area contributed by atoms with Crippen LogP contribution in [0.25, 0.3) is 0 Å².